The topological polar surface area (TPSA) is 110 Å². The average molecular weight is 866 g/mol. The molecular formula is C51H95NO9. The third-order valence-electron chi connectivity index (χ3n) is 11.0. The summed E-state index contributed by atoms with van der Waals surface area (Å²) in [4.78, 5) is 40.7. The molecule has 0 radical (unpaired) electrons. The van der Waals surface area contributed by atoms with Gasteiger partial charge >= 0.3 is 18.1 Å². The van der Waals surface area contributed by atoms with Gasteiger partial charge in [0.1, 0.15) is 19.8 Å². The number of carbonyl (C=O) groups is 3. The van der Waals surface area contributed by atoms with Gasteiger partial charge in [-0.25, -0.2) is 4.79 Å². The van der Waals surface area contributed by atoms with Crippen LogP contribution < -0.4 is 0 Å². The van der Waals surface area contributed by atoms with Gasteiger partial charge < -0.3 is 33.3 Å². The Labute approximate surface area is 375 Å². The molecule has 1 unspecified atom stereocenters. The molecule has 0 saturated carbocycles. The minimum absolute atomic E-state index is 0.0556. The highest BCUT2D eigenvalue weighted by Gasteiger charge is 2.31. The fourth-order valence-electron chi connectivity index (χ4n) is 6.76. The number of nitrogens with zero attached hydrogens (tertiary/aromatic N) is 1. The van der Waals surface area contributed by atoms with Crippen LogP contribution >= 0.6 is 0 Å². The number of hydrogen-bond donors (Lipinski definition) is 0. The van der Waals surface area contributed by atoms with Crippen LogP contribution in [0.25, 0.3) is 0 Å². The van der Waals surface area contributed by atoms with E-state index in [0.29, 0.717) is 32.5 Å². The third kappa shape index (κ3) is 40.1. The lowest BCUT2D eigenvalue weighted by molar-refractivity contribution is -0.164. The lowest BCUT2D eigenvalue weighted by atomic mass is 9.94. The largest absolute Gasteiger partial charge is 0.508 e. The maximum absolute atomic E-state index is 13.1. The number of esters is 2. The first kappa shape index (κ1) is 58.6. The fourth-order valence-corrected chi connectivity index (χ4v) is 6.76. The van der Waals surface area contributed by atoms with Crippen molar-refractivity contribution >= 4 is 18.1 Å². The quantitative estimate of drug-likeness (QED) is 0.0193. The Morgan fingerprint density at radius 1 is 0.492 bits per heavy atom. The standard InChI is InChI=1S/C51H95NO9/c1-7-12-15-18-21-22-23-24-25-26-27-28-29-30-33-37-47(53)59-44-51(6,46-61-50(55)58-43-36-40-52(10-4)11-5)45-60-48(54)38-39-49(56-41-34-31-19-16-13-8-2)57-42-35-32-20-17-14-9-3/h21-22,24-25,49H,7-20,23,26-46H2,1-6H3/b22-21-,25-24-. The summed E-state index contributed by atoms with van der Waals surface area (Å²) >= 11 is 0. The summed E-state index contributed by atoms with van der Waals surface area (Å²) in [6.45, 7) is 16.5. The molecule has 0 bridgehead atoms. The molecule has 0 rings (SSSR count). The molecule has 0 aliphatic rings. The van der Waals surface area contributed by atoms with Crippen LogP contribution in [-0.4, -0.2) is 88.6 Å². The first-order chi connectivity index (χ1) is 29.7. The van der Waals surface area contributed by atoms with Crippen LogP contribution in [0.3, 0.4) is 0 Å². The van der Waals surface area contributed by atoms with Gasteiger partial charge in [-0.3, -0.25) is 9.59 Å². The highest BCUT2D eigenvalue weighted by atomic mass is 16.7. The molecule has 0 amide bonds. The third-order valence-corrected chi connectivity index (χ3v) is 11.0. The van der Waals surface area contributed by atoms with Crippen LogP contribution in [0.4, 0.5) is 4.79 Å². The molecule has 0 aliphatic carbocycles. The van der Waals surface area contributed by atoms with Crippen molar-refractivity contribution in [3.63, 3.8) is 0 Å². The van der Waals surface area contributed by atoms with E-state index in [1.165, 1.54) is 77.0 Å². The lowest BCUT2D eigenvalue weighted by Gasteiger charge is -2.28. The smallest absolute Gasteiger partial charge is 0.465 e. The van der Waals surface area contributed by atoms with Crippen molar-refractivity contribution in [3.05, 3.63) is 24.3 Å². The summed E-state index contributed by atoms with van der Waals surface area (Å²) in [7, 11) is 0. The molecular weight excluding hydrogens is 771 g/mol. The van der Waals surface area contributed by atoms with E-state index in [0.717, 1.165) is 90.3 Å². The Hall–Kier alpha value is -2.43. The van der Waals surface area contributed by atoms with Crippen LogP contribution in [0.1, 0.15) is 215 Å². The van der Waals surface area contributed by atoms with Gasteiger partial charge in [-0.05, 0) is 77.8 Å². The predicted octanol–water partition coefficient (Wildman–Crippen LogP) is 13.6. The van der Waals surface area contributed by atoms with E-state index in [9.17, 15) is 14.4 Å². The van der Waals surface area contributed by atoms with Gasteiger partial charge in [0.25, 0.3) is 0 Å². The van der Waals surface area contributed by atoms with Crippen LogP contribution in [0.2, 0.25) is 0 Å². The number of allylic oxidation sites excluding steroid dienone is 4. The number of unbranched alkanes of at least 4 members (excludes halogenated alkanes) is 18. The molecule has 1 atom stereocenters. The fraction of sp³-hybridized carbons (Fsp3) is 0.863. The first-order valence-corrected chi connectivity index (χ1v) is 25.1. The van der Waals surface area contributed by atoms with Gasteiger partial charge in [0, 0.05) is 32.6 Å². The maximum Gasteiger partial charge on any atom is 0.508 e. The zero-order valence-corrected chi connectivity index (χ0v) is 40.5. The summed E-state index contributed by atoms with van der Waals surface area (Å²) < 4.78 is 34.5. The molecule has 0 aromatic heterocycles. The average Bonchev–Trinajstić information content (AvgIpc) is 3.26. The van der Waals surface area contributed by atoms with Crippen molar-refractivity contribution in [1.82, 2.24) is 4.90 Å². The maximum atomic E-state index is 13.1. The second-order valence-electron chi connectivity index (χ2n) is 17.1. The molecule has 0 aromatic rings. The lowest BCUT2D eigenvalue weighted by Crippen LogP contribution is -2.37. The molecule has 0 aliphatic heterocycles. The van der Waals surface area contributed by atoms with Crippen molar-refractivity contribution in [3.8, 4) is 0 Å². The van der Waals surface area contributed by atoms with Crippen LogP contribution in [-0.2, 0) is 38.0 Å². The van der Waals surface area contributed by atoms with Crippen LogP contribution in [0.15, 0.2) is 24.3 Å². The molecule has 10 nitrogen and oxygen atoms in total. The van der Waals surface area contributed by atoms with E-state index in [4.69, 9.17) is 28.4 Å². The number of carbonyl (C=O) groups excluding carboxylic acids is 3. The Balaban J connectivity index is 4.99. The normalized spacial score (nSPS) is 12.8. The Morgan fingerprint density at radius 2 is 0.951 bits per heavy atom. The summed E-state index contributed by atoms with van der Waals surface area (Å²) in [5, 5.41) is 0. The summed E-state index contributed by atoms with van der Waals surface area (Å²) in [5.41, 5.74) is -0.953. The molecule has 10 heteroatoms. The van der Waals surface area contributed by atoms with Gasteiger partial charge in [0.05, 0.1) is 18.4 Å². The van der Waals surface area contributed by atoms with Gasteiger partial charge in [-0.2, -0.15) is 0 Å². The van der Waals surface area contributed by atoms with Crippen LogP contribution in [0, 0.1) is 5.41 Å². The highest BCUT2D eigenvalue weighted by molar-refractivity contribution is 5.70. The molecule has 0 heterocycles. The first-order valence-electron chi connectivity index (χ1n) is 25.1. The summed E-state index contributed by atoms with van der Waals surface area (Å²) in [5.74, 6) is -0.715. The Bertz CT molecular complexity index is 1040. The van der Waals surface area contributed by atoms with E-state index in [1.807, 2.05) is 0 Å². The summed E-state index contributed by atoms with van der Waals surface area (Å²) in [6.07, 6.45) is 35.6. The zero-order chi connectivity index (χ0) is 44.9. The van der Waals surface area contributed by atoms with Gasteiger partial charge in [-0.1, -0.05) is 155 Å². The van der Waals surface area contributed by atoms with E-state index in [1.54, 1.807) is 6.92 Å². The monoisotopic (exact) mass is 866 g/mol. The molecule has 0 aromatic carbocycles. The van der Waals surface area contributed by atoms with Crippen molar-refractivity contribution in [2.24, 2.45) is 5.41 Å². The van der Waals surface area contributed by atoms with E-state index >= 15 is 0 Å². The van der Waals surface area contributed by atoms with Crippen molar-refractivity contribution in [2.75, 3.05) is 59.3 Å². The number of ether oxygens (including phenoxy) is 6. The second kappa shape index (κ2) is 44.2. The second-order valence-corrected chi connectivity index (χ2v) is 17.1. The molecule has 0 N–H and O–H groups in total. The molecule has 0 spiro atoms. The minimum Gasteiger partial charge on any atom is -0.465 e. The Morgan fingerprint density at radius 3 is 1.51 bits per heavy atom. The number of hydrogen-bond acceptors (Lipinski definition) is 10. The zero-order valence-electron chi connectivity index (χ0n) is 40.5. The molecule has 358 valence electrons. The molecule has 0 saturated heterocycles. The predicted molar refractivity (Wildman–Crippen MR) is 251 cm³/mol. The van der Waals surface area contributed by atoms with Crippen molar-refractivity contribution in [2.45, 2.75) is 221 Å². The summed E-state index contributed by atoms with van der Waals surface area (Å²) in [6, 6.07) is 0. The molecule has 61 heavy (non-hydrogen) atoms. The van der Waals surface area contributed by atoms with Crippen molar-refractivity contribution < 1.29 is 42.8 Å². The Kier molecular flexibility index (Phi) is 42.4. The van der Waals surface area contributed by atoms with Crippen LogP contribution in [0.5, 0.6) is 0 Å². The molecule has 0 fully saturated rings. The van der Waals surface area contributed by atoms with E-state index in [2.05, 4.69) is 63.8 Å². The van der Waals surface area contributed by atoms with Gasteiger partial charge in [0.2, 0.25) is 0 Å². The SMILES string of the molecule is CCCCC/C=C\C/C=C\CCCCCCCC(=O)OCC(C)(COC(=O)CCC(OCCCCCCCC)OCCCCCCCC)COC(=O)OCCCN(CC)CC. The van der Waals surface area contributed by atoms with Crippen molar-refractivity contribution in [1.29, 1.82) is 0 Å². The van der Waals surface area contributed by atoms with E-state index in [-0.39, 0.29) is 38.8 Å². The van der Waals surface area contributed by atoms with E-state index < -0.39 is 23.8 Å². The number of rotatable bonds is 45. The minimum atomic E-state index is -0.953. The highest BCUT2D eigenvalue weighted by Crippen LogP contribution is 2.21. The van der Waals surface area contributed by atoms with Gasteiger partial charge in [-0.15, -0.1) is 0 Å². The van der Waals surface area contributed by atoms with Gasteiger partial charge in [0.15, 0.2) is 6.29 Å².